The van der Waals surface area contributed by atoms with Crippen LogP contribution in [0.5, 0.6) is 0 Å². The molecule has 1 rings (SSSR count). The van der Waals surface area contributed by atoms with E-state index in [1.54, 1.807) is 0 Å². The number of aromatic nitrogens is 1. The highest BCUT2D eigenvalue weighted by Crippen LogP contribution is 2.21. The molecule has 0 aliphatic rings. The van der Waals surface area contributed by atoms with Gasteiger partial charge in [-0.2, -0.15) is 0 Å². The predicted octanol–water partition coefficient (Wildman–Crippen LogP) is 0.0803. The van der Waals surface area contributed by atoms with Crippen LogP contribution >= 0.6 is 0 Å². The Morgan fingerprint density at radius 2 is 2.24 bits per heavy atom. The molecule has 0 bridgehead atoms. The van der Waals surface area contributed by atoms with Crippen LogP contribution in [0.3, 0.4) is 0 Å². The van der Waals surface area contributed by atoms with Crippen LogP contribution in [0.2, 0.25) is 0 Å². The number of pyridine rings is 1. The first-order valence-corrected chi connectivity index (χ1v) is 6.44. The molecular formula is C8H12N4O4S. The second-order valence-electron chi connectivity index (χ2n) is 3.30. The first-order valence-electron chi connectivity index (χ1n) is 4.73. The fourth-order valence-corrected chi connectivity index (χ4v) is 1.72. The van der Waals surface area contributed by atoms with E-state index in [9.17, 15) is 18.5 Å². The standard InChI is InChI=1S/C8H12N4O4S/c9-17(15,16)5-1-3-11-7-2-4-10-6-8(7)12(13)14/h2,4,6H,1,3,5H2,(H,10,11)(H2,9,15,16). The van der Waals surface area contributed by atoms with Gasteiger partial charge < -0.3 is 5.32 Å². The molecule has 0 atom stereocenters. The summed E-state index contributed by atoms with van der Waals surface area (Å²) in [5.41, 5.74) is 0.155. The van der Waals surface area contributed by atoms with Crippen molar-refractivity contribution in [3.05, 3.63) is 28.6 Å². The van der Waals surface area contributed by atoms with Gasteiger partial charge in [0, 0.05) is 12.7 Å². The molecule has 0 saturated carbocycles. The van der Waals surface area contributed by atoms with Crippen molar-refractivity contribution < 1.29 is 13.3 Å². The Hall–Kier alpha value is -1.74. The number of rotatable bonds is 6. The van der Waals surface area contributed by atoms with Crippen LogP contribution in [0.1, 0.15) is 6.42 Å². The molecule has 1 aromatic rings. The topological polar surface area (TPSA) is 128 Å². The van der Waals surface area contributed by atoms with Crippen molar-refractivity contribution in [2.24, 2.45) is 5.14 Å². The molecule has 0 aliphatic heterocycles. The molecule has 0 aromatic carbocycles. The molecule has 0 spiro atoms. The Morgan fingerprint density at radius 1 is 1.53 bits per heavy atom. The lowest BCUT2D eigenvalue weighted by Crippen LogP contribution is -2.18. The summed E-state index contributed by atoms with van der Waals surface area (Å²) in [4.78, 5) is 13.7. The summed E-state index contributed by atoms with van der Waals surface area (Å²) in [6.45, 7) is 0.279. The minimum absolute atomic E-state index is 0.150. The zero-order valence-corrected chi connectivity index (χ0v) is 9.68. The van der Waals surface area contributed by atoms with E-state index in [4.69, 9.17) is 5.14 Å². The highest BCUT2D eigenvalue weighted by atomic mass is 32.2. The van der Waals surface area contributed by atoms with Gasteiger partial charge in [-0.1, -0.05) is 0 Å². The lowest BCUT2D eigenvalue weighted by molar-refractivity contribution is -0.384. The average Bonchev–Trinajstić information content (AvgIpc) is 2.23. The quantitative estimate of drug-likeness (QED) is 0.423. The lowest BCUT2D eigenvalue weighted by Gasteiger charge is -2.05. The van der Waals surface area contributed by atoms with E-state index in [1.807, 2.05) is 0 Å². The van der Waals surface area contributed by atoms with E-state index in [0.29, 0.717) is 5.69 Å². The van der Waals surface area contributed by atoms with Crippen molar-refractivity contribution in [1.29, 1.82) is 0 Å². The van der Waals surface area contributed by atoms with Crippen LogP contribution in [0, 0.1) is 10.1 Å². The van der Waals surface area contributed by atoms with Crippen molar-refractivity contribution >= 4 is 21.4 Å². The van der Waals surface area contributed by atoms with E-state index >= 15 is 0 Å². The van der Waals surface area contributed by atoms with E-state index in [0.717, 1.165) is 6.20 Å². The number of anilines is 1. The Bertz CT molecular complexity index is 502. The third-order valence-electron chi connectivity index (χ3n) is 1.92. The Balaban J connectivity index is 2.55. The molecule has 1 aromatic heterocycles. The van der Waals surface area contributed by atoms with Gasteiger partial charge in [-0.3, -0.25) is 15.1 Å². The van der Waals surface area contributed by atoms with Gasteiger partial charge in [0.25, 0.3) is 0 Å². The van der Waals surface area contributed by atoms with Gasteiger partial charge in [-0.15, -0.1) is 0 Å². The zero-order valence-electron chi connectivity index (χ0n) is 8.87. The number of nitro groups is 1. The van der Waals surface area contributed by atoms with E-state index in [2.05, 4.69) is 10.3 Å². The summed E-state index contributed by atoms with van der Waals surface area (Å²) in [6, 6.07) is 1.45. The minimum atomic E-state index is -3.49. The van der Waals surface area contributed by atoms with Crippen LogP contribution < -0.4 is 10.5 Å². The summed E-state index contributed by atoms with van der Waals surface area (Å²) in [7, 11) is -3.49. The largest absolute Gasteiger partial charge is 0.379 e. The second kappa shape index (κ2) is 5.55. The molecule has 0 amide bonds. The van der Waals surface area contributed by atoms with Crippen LogP contribution in [-0.2, 0) is 10.0 Å². The molecular weight excluding hydrogens is 248 g/mol. The normalized spacial score (nSPS) is 11.1. The van der Waals surface area contributed by atoms with Gasteiger partial charge in [-0.25, -0.2) is 13.6 Å². The van der Waals surface area contributed by atoms with E-state index in [1.165, 1.54) is 12.3 Å². The molecule has 0 aliphatic carbocycles. The molecule has 0 saturated heterocycles. The SMILES string of the molecule is NS(=O)(=O)CCCNc1ccncc1[N+](=O)[O-]. The van der Waals surface area contributed by atoms with Crippen molar-refractivity contribution in [2.45, 2.75) is 6.42 Å². The summed E-state index contributed by atoms with van der Waals surface area (Å²) < 4.78 is 21.3. The van der Waals surface area contributed by atoms with Crippen LogP contribution in [0.15, 0.2) is 18.5 Å². The Kier molecular flexibility index (Phi) is 4.35. The first-order chi connectivity index (χ1) is 7.90. The average molecular weight is 260 g/mol. The minimum Gasteiger partial charge on any atom is -0.379 e. The van der Waals surface area contributed by atoms with Gasteiger partial charge in [0.05, 0.1) is 10.7 Å². The lowest BCUT2D eigenvalue weighted by atomic mass is 10.3. The van der Waals surface area contributed by atoms with Crippen LogP contribution in [0.4, 0.5) is 11.4 Å². The van der Waals surface area contributed by atoms with Crippen molar-refractivity contribution in [1.82, 2.24) is 4.98 Å². The summed E-state index contributed by atoms with van der Waals surface area (Å²) in [6.07, 6.45) is 2.81. The molecule has 0 radical (unpaired) electrons. The van der Waals surface area contributed by atoms with Gasteiger partial charge in [-0.05, 0) is 12.5 Å². The monoisotopic (exact) mass is 260 g/mol. The van der Waals surface area contributed by atoms with Crippen molar-refractivity contribution in [2.75, 3.05) is 17.6 Å². The maximum Gasteiger partial charge on any atom is 0.310 e. The van der Waals surface area contributed by atoms with Crippen LogP contribution in [-0.4, -0.2) is 30.6 Å². The molecule has 1 heterocycles. The van der Waals surface area contributed by atoms with Gasteiger partial charge in [0.1, 0.15) is 11.9 Å². The smallest absolute Gasteiger partial charge is 0.310 e. The van der Waals surface area contributed by atoms with Crippen molar-refractivity contribution in [3.8, 4) is 0 Å². The third kappa shape index (κ3) is 4.74. The molecule has 3 N–H and O–H groups in total. The third-order valence-corrected chi connectivity index (χ3v) is 2.78. The second-order valence-corrected chi connectivity index (χ2v) is 5.03. The number of nitrogens with zero attached hydrogens (tertiary/aromatic N) is 2. The number of sulfonamides is 1. The molecule has 0 fully saturated rings. The number of nitrogens with one attached hydrogen (secondary N) is 1. The molecule has 8 nitrogen and oxygen atoms in total. The highest BCUT2D eigenvalue weighted by molar-refractivity contribution is 7.89. The summed E-state index contributed by atoms with van der Waals surface area (Å²) in [5, 5.41) is 18.2. The maximum atomic E-state index is 10.6. The molecule has 0 unspecified atom stereocenters. The Morgan fingerprint density at radius 3 is 2.82 bits per heavy atom. The zero-order chi connectivity index (χ0) is 12.9. The number of nitrogens with two attached hydrogens (primary N) is 1. The predicted molar refractivity (Wildman–Crippen MR) is 62.0 cm³/mol. The van der Waals surface area contributed by atoms with Gasteiger partial charge >= 0.3 is 5.69 Å². The number of primary sulfonamides is 1. The van der Waals surface area contributed by atoms with Gasteiger partial charge in [0.15, 0.2) is 0 Å². The summed E-state index contributed by atoms with van der Waals surface area (Å²) >= 11 is 0. The van der Waals surface area contributed by atoms with Crippen LogP contribution in [0.25, 0.3) is 0 Å². The number of hydrogen-bond donors (Lipinski definition) is 2. The van der Waals surface area contributed by atoms with E-state index in [-0.39, 0.29) is 24.4 Å². The molecule has 9 heteroatoms. The highest BCUT2D eigenvalue weighted by Gasteiger charge is 2.12. The fourth-order valence-electron chi connectivity index (χ4n) is 1.18. The summed E-state index contributed by atoms with van der Waals surface area (Å²) in [5.74, 6) is -0.168. The Labute approximate surface area is 98.0 Å². The molecule has 94 valence electrons. The fraction of sp³-hybridized carbons (Fsp3) is 0.375. The van der Waals surface area contributed by atoms with Gasteiger partial charge in [0.2, 0.25) is 10.0 Å². The van der Waals surface area contributed by atoms with E-state index < -0.39 is 14.9 Å². The first kappa shape index (κ1) is 13.3. The number of hydrogen-bond acceptors (Lipinski definition) is 6. The van der Waals surface area contributed by atoms with Crippen molar-refractivity contribution in [3.63, 3.8) is 0 Å². The molecule has 17 heavy (non-hydrogen) atoms. The maximum absolute atomic E-state index is 10.6.